The van der Waals surface area contributed by atoms with Crippen LogP contribution < -0.4 is 10.6 Å². The highest BCUT2D eigenvalue weighted by molar-refractivity contribution is 7.13. The summed E-state index contributed by atoms with van der Waals surface area (Å²) < 4.78 is 0. The highest BCUT2D eigenvalue weighted by atomic mass is 32.1. The van der Waals surface area contributed by atoms with E-state index in [0.29, 0.717) is 5.69 Å². The molecule has 3 aromatic rings. The molecule has 0 spiro atoms. The van der Waals surface area contributed by atoms with E-state index in [1.807, 2.05) is 60.8 Å². The molecule has 0 saturated heterocycles. The third-order valence-corrected chi connectivity index (χ3v) is 4.92. The Morgan fingerprint density at radius 1 is 1.07 bits per heavy atom. The van der Waals surface area contributed by atoms with Gasteiger partial charge in [-0.15, -0.1) is 11.3 Å². The highest BCUT2D eigenvalue weighted by Gasteiger charge is 2.17. The van der Waals surface area contributed by atoms with Gasteiger partial charge in [0.1, 0.15) is 5.01 Å². The minimum atomic E-state index is -0.363. The number of hydrogen-bond acceptors (Lipinski definition) is 4. The molecule has 0 saturated carbocycles. The molecule has 0 aliphatic rings. The zero-order chi connectivity index (χ0) is 19.2. The molecule has 2 aromatic carbocycles. The van der Waals surface area contributed by atoms with Crippen LogP contribution in [-0.4, -0.2) is 16.8 Å². The SMILES string of the molecule is CC(=O)NC(CC(=O)Nc1ccc(-c2nccs2)cc1)c1ccc(C)cc1. The summed E-state index contributed by atoms with van der Waals surface area (Å²) in [5, 5.41) is 8.62. The number of anilines is 1. The molecule has 1 heterocycles. The van der Waals surface area contributed by atoms with E-state index in [9.17, 15) is 9.59 Å². The molecule has 1 aromatic heterocycles. The Bertz CT molecular complexity index is 904. The van der Waals surface area contributed by atoms with Crippen molar-refractivity contribution in [2.75, 3.05) is 5.32 Å². The molecular formula is C21H21N3O2S. The first-order valence-electron chi connectivity index (χ1n) is 8.65. The maximum Gasteiger partial charge on any atom is 0.226 e. The third kappa shape index (κ3) is 5.24. The van der Waals surface area contributed by atoms with E-state index < -0.39 is 0 Å². The van der Waals surface area contributed by atoms with Gasteiger partial charge in [-0.25, -0.2) is 4.98 Å². The van der Waals surface area contributed by atoms with Gasteiger partial charge in [0.25, 0.3) is 0 Å². The van der Waals surface area contributed by atoms with E-state index in [1.54, 1.807) is 17.5 Å². The van der Waals surface area contributed by atoms with Crippen LogP contribution in [0.4, 0.5) is 5.69 Å². The zero-order valence-corrected chi connectivity index (χ0v) is 16.0. The van der Waals surface area contributed by atoms with Crippen molar-refractivity contribution in [1.82, 2.24) is 10.3 Å². The minimum Gasteiger partial charge on any atom is -0.349 e. The fraction of sp³-hybridized carbons (Fsp3) is 0.190. The molecule has 6 heteroatoms. The molecule has 1 unspecified atom stereocenters. The Morgan fingerprint density at radius 2 is 1.78 bits per heavy atom. The Kier molecular flexibility index (Phi) is 5.98. The Hall–Kier alpha value is -2.99. The lowest BCUT2D eigenvalue weighted by atomic mass is 10.0. The van der Waals surface area contributed by atoms with Crippen LogP contribution in [0.15, 0.2) is 60.1 Å². The predicted molar refractivity (Wildman–Crippen MR) is 109 cm³/mol. The number of rotatable bonds is 6. The lowest BCUT2D eigenvalue weighted by molar-refractivity contribution is -0.120. The number of aryl methyl sites for hydroxylation is 1. The molecule has 0 fully saturated rings. The van der Waals surface area contributed by atoms with Gasteiger partial charge in [-0.1, -0.05) is 29.8 Å². The fourth-order valence-electron chi connectivity index (χ4n) is 2.76. The van der Waals surface area contributed by atoms with Crippen LogP contribution in [-0.2, 0) is 9.59 Å². The summed E-state index contributed by atoms with van der Waals surface area (Å²) >= 11 is 1.57. The van der Waals surface area contributed by atoms with Crippen LogP contribution >= 0.6 is 11.3 Å². The first kappa shape index (κ1) is 18.8. The number of carbonyl (C=O) groups excluding carboxylic acids is 2. The van der Waals surface area contributed by atoms with Gasteiger partial charge in [0.2, 0.25) is 11.8 Å². The van der Waals surface area contributed by atoms with E-state index >= 15 is 0 Å². The largest absolute Gasteiger partial charge is 0.349 e. The molecule has 2 amide bonds. The van der Waals surface area contributed by atoms with Crippen LogP contribution in [0.5, 0.6) is 0 Å². The monoisotopic (exact) mass is 379 g/mol. The number of carbonyl (C=O) groups is 2. The minimum absolute atomic E-state index is 0.156. The van der Waals surface area contributed by atoms with Gasteiger partial charge in [-0.05, 0) is 36.8 Å². The summed E-state index contributed by atoms with van der Waals surface area (Å²) in [5.41, 5.74) is 3.76. The smallest absolute Gasteiger partial charge is 0.226 e. The maximum atomic E-state index is 12.5. The van der Waals surface area contributed by atoms with Crippen molar-refractivity contribution in [3.63, 3.8) is 0 Å². The number of nitrogens with zero attached hydrogens (tertiary/aromatic N) is 1. The first-order chi connectivity index (χ1) is 13.0. The van der Waals surface area contributed by atoms with Crippen molar-refractivity contribution in [2.45, 2.75) is 26.3 Å². The van der Waals surface area contributed by atoms with Crippen LogP contribution in [0.25, 0.3) is 10.6 Å². The predicted octanol–water partition coefficient (Wildman–Crippen LogP) is 4.32. The number of benzene rings is 2. The van der Waals surface area contributed by atoms with E-state index in [-0.39, 0.29) is 24.3 Å². The van der Waals surface area contributed by atoms with E-state index in [2.05, 4.69) is 15.6 Å². The molecule has 5 nitrogen and oxygen atoms in total. The van der Waals surface area contributed by atoms with E-state index in [4.69, 9.17) is 0 Å². The van der Waals surface area contributed by atoms with Gasteiger partial charge in [0.15, 0.2) is 0 Å². The molecule has 138 valence electrons. The zero-order valence-electron chi connectivity index (χ0n) is 15.2. The average Bonchev–Trinajstić information content (AvgIpc) is 3.17. The number of amides is 2. The maximum absolute atomic E-state index is 12.5. The Morgan fingerprint density at radius 3 is 2.37 bits per heavy atom. The fourth-order valence-corrected chi connectivity index (χ4v) is 3.40. The lowest BCUT2D eigenvalue weighted by Gasteiger charge is -2.18. The van der Waals surface area contributed by atoms with Crippen LogP contribution in [0.1, 0.15) is 30.5 Å². The number of thiazole rings is 1. The average molecular weight is 379 g/mol. The summed E-state index contributed by atoms with van der Waals surface area (Å²) in [7, 11) is 0. The molecule has 3 rings (SSSR count). The van der Waals surface area contributed by atoms with Crippen molar-refractivity contribution in [2.24, 2.45) is 0 Å². The summed E-state index contributed by atoms with van der Waals surface area (Å²) in [6.07, 6.45) is 1.93. The quantitative estimate of drug-likeness (QED) is 0.670. The standard InChI is InChI=1S/C21H21N3O2S/c1-14-3-5-16(6-4-14)19(23-15(2)25)13-20(26)24-18-9-7-17(8-10-18)21-22-11-12-27-21/h3-12,19H,13H2,1-2H3,(H,23,25)(H,24,26). The van der Waals surface area contributed by atoms with Crippen LogP contribution in [0.2, 0.25) is 0 Å². The highest BCUT2D eigenvalue weighted by Crippen LogP contribution is 2.24. The van der Waals surface area contributed by atoms with Crippen LogP contribution in [0, 0.1) is 6.92 Å². The number of nitrogens with one attached hydrogen (secondary N) is 2. The molecule has 2 N–H and O–H groups in total. The Labute approximate surface area is 162 Å². The molecule has 0 aliphatic carbocycles. The molecular weight excluding hydrogens is 358 g/mol. The number of aromatic nitrogens is 1. The van der Waals surface area contributed by atoms with Gasteiger partial charge in [0.05, 0.1) is 12.5 Å². The van der Waals surface area contributed by atoms with Gasteiger partial charge < -0.3 is 10.6 Å². The molecule has 0 radical (unpaired) electrons. The summed E-state index contributed by atoms with van der Waals surface area (Å²) in [6, 6.07) is 15.0. The normalized spacial score (nSPS) is 11.6. The van der Waals surface area contributed by atoms with Crippen LogP contribution in [0.3, 0.4) is 0 Å². The van der Waals surface area contributed by atoms with E-state index in [0.717, 1.165) is 21.7 Å². The van der Waals surface area contributed by atoms with E-state index in [1.165, 1.54) is 6.92 Å². The van der Waals surface area contributed by atoms with Crippen molar-refractivity contribution >= 4 is 28.8 Å². The third-order valence-electron chi connectivity index (χ3n) is 4.09. The molecule has 0 aliphatic heterocycles. The second-order valence-corrected chi connectivity index (χ2v) is 7.23. The van der Waals surface area contributed by atoms with Crippen molar-refractivity contribution in [3.05, 3.63) is 71.2 Å². The van der Waals surface area contributed by atoms with Gasteiger partial charge in [0, 0.05) is 29.8 Å². The second-order valence-electron chi connectivity index (χ2n) is 6.33. The molecule has 27 heavy (non-hydrogen) atoms. The number of hydrogen-bond donors (Lipinski definition) is 2. The topological polar surface area (TPSA) is 71.1 Å². The second kappa shape index (κ2) is 8.60. The van der Waals surface area contributed by atoms with Crippen molar-refractivity contribution in [1.29, 1.82) is 0 Å². The summed E-state index contributed by atoms with van der Waals surface area (Å²) in [4.78, 5) is 28.3. The first-order valence-corrected chi connectivity index (χ1v) is 9.52. The van der Waals surface area contributed by atoms with Gasteiger partial charge in [-0.3, -0.25) is 9.59 Å². The van der Waals surface area contributed by atoms with Crippen molar-refractivity contribution < 1.29 is 9.59 Å². The summed E-state index contributed by atoms with van der Waals surface area (Å²) in [6.45, 7) is 3.45. The van der Waals surface area contributed by atoms with Crippen molar-refractivity contribution in [3.8, 4) is 10.6 Å². The Balaban J connectivity index is 1.66. The molecule has 0 bridgehead atoms. The van der Waals surface area contributed by atoms with Gasteiger partial charge >= 0.3 is 0 Å². The lowest BCUT2D eigenvalue weighted by Crippen LogP contribution is -2.29. The summed E-state index contributed by atoms with van der Waals surface area (Å²) in [5.74, 6) is -0.322. The van der Waals surface area contributed by atoms with Gasteiger partial charge in [-0.2, -0.15) is 0 Å². The molecule has 1 atom stereocenters.